The molecule has 6 nitrogen and oxygen atoms in total. The van der Waals surface area contributed by atoms with Gasteiger partial charge in [-0.05, 0) is 36.4 Å². The van der Waals surface area contributed by atoms with Gasteiger partial charge in [0.15, 0.2) is 0 Å². The van der Waals surface area contributed by atoms with Gasteiger partial charge in [-0.1, -0.05) is 30.0 Å². The Morgan fingerprint density at radius 3 is 2.30 bits per heavy atom. The molecule has 0 aliphatic carbocycles. The van der Waals surface area contributed by atoms with Gasteiger partial charge in [0.05, 0.1) is 11.4 Å². The zero-order chi connectivity index (χ0) is 16.7. The maximum absolute atomic E-state index is 11.9. The minimum atomic E-state index is -3.57. The minimum Gasteiger partial charge on any atom is -0.288 e. The molecule has 3 N–H and O–H groups in total. The van der Waals surface area contributed by atoms with Crippen molar-refractivity contribution in [2.75, 3.05) is 6.54 Å². The van der Waals surface area contributed by atoms with E-state index < -0.39 is 15.9 Å². The first kappa shape index (κ1) is 16.7. The smallest absolute Gasteiger partial charge is 0.274 e. The maximum atomic E-state index is 11.9. The van der Waals surface area contributed by atoms with Crippen molar-refractivity contribution in [2.45, 2.75) is 4.90 Å². The molecule has 0 aromatic heterocycles. The second kappa shape index (κ2) is 7.56. The molecular weight excluding hydrogens is 316 g/mol. The van der Waals surface area contributed by atoms with Gasteiger partial charge in [-0.15, -0.1) is 0 Å². The highest BCUT2D eigenvalue weighted by atomic mass is 32.2. The van der Waals surface area contributed by atoms with Gasteiger partial charge >= 0.3 is 0 Å². The molecule has 1 amide bonds. The van der Waals surface area contributed by atoms with Gasteiger partial charge in [-0.2, -0.15) is 4.72 Å². The minimum absolute atomic E-state index is 0.0316. The molecule has 2 aromatic carbocycles. The fourth-order valence-electron chi connectivity index (χ4n) is 1.73. The van der Waals surface area contributed by atoms with Crippen LogP contribution in [0.15, 0.2) is 59.5 Å². The van der Waals surface area contributed by atoms with Crippen LogP contribution in [0.1, 0.15) is 15.9 Å². The van der Waals surface area contributed by atoms with Crippen LogP contribution in [-0.2, 0) is 10.0 Å². The molecule has 7 heteroatoms. The lowest BCUT2D eigenvalue weighted by Crippen LogP contribution is -2.23. The first-order valence-electron chi connectivity index (χ1n) is 6.61. The van der Waals surface area contributed by atoms with Crippen molar-refractivity contribution in [3.63, 3.8) is 0 Å². The summed E-state index contributed by atoms with van der Waals surface area (Å²) in [5, 5.41) is 8.51. The standard InChI is InChI=1S/C16H14N2O4S/c19-16(18-20)14-10-8-13(9-11-14)5-4-12-17-23(21,22)15-6-2-1-3-7-15/h1-3,6-11,17,20H,12H2,(H,18,19). The predicted molar refractivity (Wildman–Crippen MR) is 84.2 cm³/mol. The molecule has 0 radical (unpaired) electrons. The Kier molecular flexibility index (Phi) is 5.49. The molecule has 0 fully saturated rings. The Morgan fingerprint density at radius 2 is 1.70 bits per heavy atom. The third kappa shape index (κ3) is 4.66. The van der Waals surface area contributed by atoms with Crippen LogP contribution in [0.2, 0.25) is 0 Å². The van der Waals surface area contributed by atoms with Gasteiger partial charge in [0.25, 0.3) is 5.91 Å². The van der Waals surface area contributed by atoms with Gasteiger partial charge < -0.3 is 0 Å². The van der Waals surface area contributed by atoms with Crippen molar-refractivity contribution < 1.29 is 18.4 Å². The summed E-state index contributed by atoms with van der Waals surface area (Å²) in [6.07, 6.45) is 0. The van der Waals surface area contributed by atoms with E-state index in [1.165, 1.54) is 29.7 Å². The second-order valence-electron chi connectivity index (χ2n) is 4.46. The van der Waals surface area contributed by atoms with Gasteiger partial charge in [-0.3, -0.25) is 10.0 Å². The van der Waals surface area contributed by atoms with Gasteiger partial charge in [0.2, 0.25) is 10.0 Å². The SMILES string of the molecule is O=C(NO)c1ccc(C#CCNS(=O)(=O)c2ccccc2)cc1. The fourth-order valence-corrected chi connectivity index (χ4v) is 2.67. The molecule has 0 bridgehead atoms. The largest absolute Gasteiger partial charge is 0.288 e. The van der Waals surface area contributed by atoms with E-state index in [1.54, 1.807) is 30.3 Å². The molecule has 0 saturated heterocycles. The quantitative estimate of drug-likeness (QED) is 0.445. The average molecular weight is 330 g/mol. The summed E-state index contributed by atoms with van der Waals surface area (Å²) >= 11 is 0. The number of hydroxylamine groups is 1. The van der Waals surface area contributed by atoms with Crippen LogP contribution in [0.3, 0.4) is 0 Å². The zero-order valence-electron chi connectivity index (χ0n) is 12.0. The highest BCUT2D eigenvalue weighted by molar-refractivity contribution is 7.89. The predicted octanol–water partition coefficient (Wildman–Crippen LogP) is 1.14. The summed E-state index contributed by atoms with van der Waals surface area (Å²) in [5.41, 5.74) is 2.45. The number of hydrogen-bond donors (Lipinski definition) is 3. The summed E-state index contributed by atoms with van der Waals surface area (Å²) < 4.78 is 26.3. The molecule has 0 saturated carbocycles. The van der Waals surface area contributed by atoms with Crippen molar-refractivity contribution in [1.82, 2.24) is 10.2 Å². The van der Waals surface area contributed by atoms with Crippen molar-refractivity contribution in [2.24, 2.45) is 0 Å². The molecule has 23 heavy (non-hydrogen) atoms. The van der Waals surface area contributed by atoms with E-state index in [2.05, 4.69) is 16.6 Å². The lowest BCUT2D eigenvalue weighted by Gasteiger charge is -2.02. The second-order valence-corrected chi connectivity index (χ2v) is 6.22. The topological polar surface area (TPSA) is 95.5 Å². The Hall–Kier alpha value is -2.66. The van der Waals surface area contributed by atoms with Crippen molar-refractivity contribution in [3.8, 4) is 11.8 Å². The van der Waals surface area contributed by atoms with E-state index in [-0.39, 0.29) is 11.4 Å². The first-order chi connectivity index (χ1) is 11.0. The molecule has 2 aromatic rings. The zero-order valence-corrected chi connectivity index (χ0v) is 12.8. The summed E-state index contributed by atoms with van der Waals surface area (Å²) in [5.74, 6) is 4.87. The van der Waals surface area contributed by atoms with Crippen LogP contribution in [0, 0.1) is 11.8 Å². The van der Waals surface area contributed by atoms with Crippen LogP contribution in [-0.4, -0.2) is 26.1 Å². The number of rotatable bonds is 4. The molecule has 0 spiro atoms. The number of carbonyl (C=O) groups is 1. The first-order valence-corrected chi connectivity index (χ1v) is 8.09. The number of nitrogens with one attached hydrogen (secondary N) is 2. The van der Waals surface area contributed by atoms with Crippen LogP contribution in [0.4, 0.5) is 0 Å². The van der Waals surface area contributed by atoms with Crippen LogP contribution >= 0.6 is 0 Å². The van der Waals surface area contributed by atoms with Crippen molar-refractivity contribution in [3.05, 3.63) is 65.7 Å². The average Bonchev–Trinajstić information content (AvgIpc) is 2.59. The van der Waals surface area contributed by atoms with Gasteiger partial charge in [0, 0.05) is 11.1 Å². The normalized spacial score (nSPS) is 10.5. The lowest BCUT2D eigenvalue weighted by molar-refractivity contribution is 0.0706. The third-order valence-electron chi connectivity index (χ3n) is 2.89. The van der Waals surface area contributed by atoms with Crippen LogP contribution in [0.25, 0.3) is 0 Å². The highest BCUT2D eigenvalue weighted by Crippen LogP contribution is 2.06. The summed E-state index contributed by atoms with van der Waals surface area (Å²) in [4.78, 5) is 11.3. The number of carbonyl (C=O) groups excluding carboxylic acids is 1. The molecule has 118 valence electrons. The lowest BCUT2D eigenvalue weighted by atomic mass is 10.1. The summed E-state index contributed by atoms with van der Waals surface area (Å²) in [6, 6.07) is 14.2. The van der Waals surface area contributed by atoms with Gasteiger partial charge in [-0.25, -0.2) is 13.9 Å². The van der Waals surface area contributed by atoms with Crippen molar-refractivity contribution in [1.29, 1.82) is 0 Å². The molecule has 0 unspecified atom stereocenters. The molecular formula is C16H14N2O4S. The molecule has 0 aliphatic rings. The Balaban J connectivity index is 1.97. The monoisotopic (exact) mass is 330 g/mol. The van der Waals surface area contributed by atoms with E-state index in [9.17, 15) is 13.2 Å². The van der Waals surface area contributed by atoms with E-state index in [1.807, 2.05) is 0 Å². The number of benzene rings is 2. The van der Waals surface area contributed by atoms with Crippen molar-refractivity contribution >= 4 is 15.9 Å². The molecule has 0 heterocycles. The van der Waals surface area contributed by atoms with E-state index >= 15 is 0 Å². The summed E-state index contributed by atoms with van der Waals surface area (Å²) in [6.45, 7) is -0.0316. The number of hydrogen-bond acceptors (Lipinski definition) is 4. The molecule has 0 atom stereocenters. The summed E-state index contributed by atoms with van der Waals surface area (Å²) in [7, 11) is -3.57. The van der Waals surface area contributed by atoms with E-state index in [0.717, 1.165) is 0 Å². The van der Waals surface area contributed by atoms with E-state index in [0.29, 0.717) is 11.1 Å². The Labute approximate surface area is 134 Å². The van der Waals surface area contributed by atoms with Crippen LogP contribution in [0.5, 0.6) is 0 Å². The van der Waals surface area contributed by atoms with Crippen LogP contribution < -0.4 is 10.2 Å². The third-order valence-corrected chi connectivity index (χ3v) is 4.30. The van der Waals surface area contributed by atoms with Gasteiger partial charge in [0.1, 0.15) is 0 Å². The fraction of sp³-hybridized carbons (Fsp3) is 0.0625. The van der Waals surface area contributed by atoms with E-state index in [4.69, 9.17) is 5.21 Å². The molecule has 0 aliphatic heterocycles. The highest BCUT2D eigenvalue weighted by Gasteiger charge is 2.11. The Morgan fingerprint density at radius 1 is 1.04 bits per heavy atom. The molecule has 2 rings (SSSR count). The number of sulfonamides is 1. The Bertz CT molecular complexity index is 835. The maximum Gasteiger partial charge on any atom is 0.274 e. The number of amides is 1.